The molecule has 2 aliphatic heterocycles. The summed E-state index contributed by atoms with van der Waals surface area (Å²) in [5, 5.41) is 75.9. The van der Waals surface area contributed by atoms with Gasteiger partial charge in [0.2, 0.25) is 0 Å². The summed E-state index contributed by atoms with van der Waals surface area (Å²) in [4.78, 5) is 22.2. The molecule has 0 aromatic carbocycles. The van der Waals surface area contributed by atoms with Crippen molar-refractivity contribution >= 4 is 35.0 Å². The van der Waals surface area contributed by atoms with E-state index in [-0.39, 0.29) is 74.4 Å². The normalized spacial score (nSPS) is 44.5. The molecule has 0 amide bonds. The maximum Gasteiger partial charge on any atom is 2.00 e. The van der Waals surface area contributed by atoms with Crippen LogP contribution in [0.2, 0.25) is 0 Å². The molecule has 144 valence electrons. The molecule has 27 heavy (non-hydrogen) atoms. The Labute approximate surface area is 210 Å². The predicted octanol–water partition coefficient (Wildman–Crippen LogP) is -8.59. The van der Waals surface area contributed by atoms with E-state index >= 15 is 0 Å². The number of hydrogen-bond acceptors (Lipinski definition) is 11. The predicted molar refractivity (Wildman–Crippen MR) is 75.5 cm³/mol. The minimum atomic E-state index is -2.03. The van der Waals surface area contributed by atoms with Crippen LogP contribution in [0.4, 0.5) is 0 Å². The van der Waals surface area contributed by atoms with E-state index in [0.717, 1.165) is 0 Å². The van der Waals surface area contributed by atoms with Crippen molar-refractivity contribution in [2.24, 2.45) is 0 Å². The first-order valence-electron chi connectivity index (χ1n) is 7.06. The Kier molecular flexibility index (Phi) is 11.8. The van der Waals surface area contributed by atoms with Gasteiger partial charge in [-0.15, -0.1) is 0 Å². The second-order valence-corrected chi connectivity index (χ2v) is 5.60. The van der Waals surface area contributed by atoms with Crippen molar-refractivity contribution in [3.05, 3.63) is 0 Å². The van der Waals surface area contributed by atoms with Gasteiger partial charge in [0.05, 0.1) is 0 Å². The number of hydrogen-bond donors (Lipinski definition) is 8. The molecule has 0 bridgehead atoms. The average molecular weight is 434 g/mol. The van der Waals surface area contributed by atoms with Crippen LogP contribution in [0.1, 0.15) is 0 Å². The molecular weight excluding hydrogens is 416 g/mol. The van der Waals surface area contributed by atoms with Gasteiger partial charge in [-0.2, -0.15) is 0 Å². The van der Waals surface area contributed by atoms with Crippen LogP contribution in [0.3, 0.4) is 0 Å². The summed E-state index contributed by atoms with van der Waals surface area (Å²) in [5.41, 5.74) is 0. The first-order valence-corrected chi connectivity index (χ1v) is 7.06. The van der Waals surface area contributed by atoms with Gasteiger partial charge in [0.25, 0.3) is 0 Å². The molecule has 2 rings (SSSR count). The third kappa shape index (κ3) is 6.00. The van der Waals surface area contributed by atoms with Gasteiger partial charge in [0.1, 0.15) is 36.6 Å². The van der Waals surface area contributed by atoms with Crippen LogP contribution in [0.25, 0.3) is 0 Å². The molecule has 8 N–H and O–H groups in total. The molecule has 2 fully saturated rings. The molecule has 0 radical (unpaired) electrons. The molecule has 0 aromatic rings. The second-order valence-electron chi connectivity index (χ2n) is 5.60. The second kappa shape index (κ2) is 11.4. The van der Waals surface area contributed by atoms with Crippen molar-refractivity contribution < 1.29 is 116 Å². The number of aliphatic hydroxyl groups is 6. The minimum absolute atomic E-state index is 0. The molecule has 0 spiro atoms. The third-order valence-electron chi connectivity index (χ3n) is 3.91. The van der Waals surface area contributed by atoms with Gasteiger partial charge in [0.15, 0.2) is 24.8 Å². The van der Waals surface area contributed by atoms with Crippen LogP contribution in [0.5, 0.6) is 0 Å². The van der Waals surface area contributed by atoms with E-state index in [9.17, 15) is 40.2 Å². The van der Waals surface area contributed by atoms with Crippen molar-refractivity contribution in [3.8, 4) is 0 Å². The molecule has 10 atom stereocenters. The minimum Gasteiger partial charge on any atom is -0.479 e. The smallest absolute Gasteiger partial charge is 0.479 e. The van der Waals surface area contributed by atoms with Crippen molar-refractivity contribution in [1.82, 2.24) is 0 Å². The number of carbonyl (C=O) groups is 2. The van der Waals surface area contributed by atoms with Crippen LogP contribution in [-0.4, -0.2) is 137 Å². The Balaban J connectivity index is 0.00000338. The van der Waals surface area contributed by atoms with Crippen LogP contribution < -0.4 is 51.4 Å². The Morgan fingerprint density at radius 2 is 1.22 bits per heavy atom. The molecule has 13 nitrogen and oxygen atoms in total. The zero-order valence-corrected chi connectivity index (χ0v) is 18.6. The summed E-state index contributed by atoms with van der Waals surface area (Å²) in [6.45, 7) is 0. The van der Waals surface area contributed by atoms with Gasteiger partial charge in [0, 0.05) is 0 Å². The molecule has 0 unspecified atom stereocenters. The number of ether oxygens (including phenoxy) is 3. The number of carboxylic acids is 2. The summed E-state index contributed by atoms with van der Waals surface area (Å²) in [6.07, 6.45) is -19.9. The van der Waals surface area contributed by atoms with E-state index < -0.39 is 73.4 Å². The molecule has 15 heteroatoms. The first kappa shape index (κ1) is 28.0. The van der Waals surface area contributed by atoms with Crippen LogP contribution in [0, 0.1) is 0 Å². The zero-order chi connectivity index (χ0) is 19.0. The average Bonchev–Trinajstić information content (AvgIpc) is 2.54. The Morgan fingerprint density at radius 1 is 0.704 bits per heavy atom. The van der Waals surface area contributed by atoms with Gasteiger partial charge in [-0.25, -0.2) is 9.59 Å². The van der Waals surface area contributed by atoms with Crippen molar-refractivity contribution in [2.75, 3.05) is 0 Å². The van der Waals surface area contributed by atoms with Crippen LogP contribution >= 0.6 is 0 Å². The van der Waals surface area contributed by atoms with Crippen molar-refractivity contribution in [1.29, 1.82) is 0 Å². The van der Waals surface area contributed by atoms with Gasteiger partial charge in [-0.05, 0) is 0 Å². The third-order valence-corrected chi connectivity index (χ3v) is 3.91. The standard InChI is InChI=1S/C12H18O13.K.Mg/c13-1-2(14)7(9(18)19)25-12(5(1)17)24-6-3(15)4(16)11(22)23-8(6)10(20)21;;/h1-8,11-17,22H,(H,18,19)(H,20,21);;/q;+1;+2/t1-,2+,3+,4+,5+,6+,7-,8-,11-,12-;;/m0../s1. The fourth-order valence-corrected chi connectivity index (χ4v) is 2.52. The summed E-state index contributed by atoms with van der Waals surface area (Å²) in [5.74, 6) is -3.39. The van der Waals surface area contributed by atoms with Crippen LogP contribution in [-0.2, 0) is 23.8 Å². The SMILES string of the molecule is O=C(O)[C@H]1O[C@H](O[C@@H]2[C@H](O)[C@@H](O)[C@@H](O)O[C@@H]2C(=O)O)[C@H](O)[C@@H](O)[C@H]1O.[K+].[Mg+2]. The molecule has 0 aliphatic carbocycles. The van der Waals surface area contributed by atoms with Gasteiger partial charge in [-0.1, -0.05) is 0 Å². The Hall–Kier alpha value is 0.983. The monoisotopic (exact) mass is 433 g/mol. The number of rotatable bonds is 4. The summed E-state index contributed by atoms with van der Waals surface area (Å²) in [7, 11) is 0. The summed E-state index contributed by atoms with van der Waals surface area (Å²) < 4.78 is 14.4. The summed E-state index contributed by atoms with van der Waals surface area (Å²) in [6, 6.07) is 0. The molecule has 2 saturated heterocycles. The van der Waals surface area contributed by atoms with Gasteiger partial charge < -0.3 is 55.1 Å². The maximum absolute atomic E-state index is 11.2. The van der Waals surface area contributed by atoms with Gasteiger partial charge in [-0.3, -0.25) is 0 Å². The number of carboxylic acid groups (broad SMARTS) is 2. The Bertz CT molecular complexity index is 524. The van der Waals surface area contributed by atoms with E-state index in [1.165, 1.54) is 0 Å². The molecule has 0 aromatic heterocycles. The number of aliphatic hydroxyl groups excluding tert-OH is 6. The van der Waals surface area contributed by atoms with E-state index in [2.05, 4.69) is 4.74 Å². The van der Waals surface area contributed by atoms with E-state index in [0.29, 0.717) is 0 Å². The van der Waals surface area contributed by atoms with E-state index in [1.54, 1.807) is 0 Å². The Morgan fingerprint density at radius 3 is 1.70 bits per heavy atom. The zero-order valence-electron chi connectivity index (χ0n) is 14.1. The van der Waals surface area contributed by atoms with Crippen LogP contribution in [0.15, 0.2) is 0 Å². The molecule has 2 aliphatic rings. The topological polar surface area (TPSA) is 224 Å². The van der Waals surface area contributed by atoms with Crippen molar-refractivity contribution in [2.45, 2.75) is 61.4 Å². The molecule has 2 heterocycles. The summed E-state index contributed by atoms with van der Waals surface area (Å²) >= 11 is 0. The largest absolute Gasteiger partial charge is 2.00 e. The molecule has 0 saturated carbocycles. The van der Waals surface area contributed by atoms with E-state index in [4.69, 9.17) is 19.7 Å². The van der Waals surface area contributed by atoms with E-state index in [1.807, 2.05) is 0 Å². The fraction of sp³-hybridized carbons (Fsp3) is 0.833. The fourth-order valence-electron chi connectivity index (χ4n) is 2.52. The maximum atomic E-state index is 11.2. The molecular formula is C12H18KMgO13+3. The van der Waals surface area contributed by atoms with Crippen molar-refractivity contribution in [3.63, 3.8) is 0 Å². The number of aliphatic carboxylic acids is 2. The van der Waals surface area contributed by atoms with Gasteiger partial charge >= 0.3 is 86.4 Å². The quantitative estimate of drug-likeness (QED) is 0.193. The first-order chi connectivity index (χ1) is 11.6.